The molecule has 0 aromatic carbocycles. The number of aromatic nitrogens is 4. The van der Waals surface area contributed by atoms with Crippen LogP contribution in [0.3, 0.4) is 0 Å². The van der Waals surface area contributed by atoms with Gasteiger partial charge in [0.1, 0.15) is 11.6 Å². The number of nitrogen functional groups attached to an aromatic ring is 1. The van der Waals surface area contributed by atoms with E-state index in [0.717, 1.165) is 66.5 Å². The molecule has 3 aromatic heterocycles. The third-order valence-corrected chi connectivity index (χ3v) is 7.89. The summed E-state index contributed by atoms with van der Waals surface area (Å²) >= 11 is 6.59. The fourth-order valence-electron chi connectivity index (χ4n) is 5.48. The monoisotopic (exact) mass is 484 g/mol. The maximum atomic E-state index is 6.59. The Morgan fingerprint density at radius 2 is 2.00 bits per heavy atom. The highest BCUT2D eigenvalue weighted by molar-refractivity contribution is 6.35. The van der Waals surface area contributed by atoms with Crippen molar-refractivity contribution in [1.29, 1.82) is 0 Å². The van der Waals surface area contributed by atoms with Gasteiger partial charge in [0, 0.05) is 41.9 Å². The van der Waals surface area contributed by atoms with Crippen molar-refractivity contribution in [2.45, 2.75) is 45.4 Å². The molecule has 2 fully saturated rings. The van der Waals surface area contributed by atoms with Crippen LogP contribution in [0.2, 0.25) is 5.02 Å². The number of anilines is 2. The first kappa shape index (κ1) is 23.3. The lowest BCUT2D eigenvalue weighted by atomic mass is 9.73. The third-order valence-electron chi connectivity index (χ3n) is 7.50. The van der Waals surface area contributed by atoms with Gasteiger partial charge in [-0.25, -0.2) is 4.98 Å². The summed E-state index contributed by atoms with van der Waals surface area (Å²) in [7, 11) is 4.06. The van der Waals surface area contributed by atoms with Gasteiger partial charge >= 0.3 is 0 Å². The molecule has 34 heavy (non-hydrogen) atoms. The zero-order chi connectivity index (χ0) is 24.2. The zero-order valence-electron chi connectivity index (χ0n) is 20.3. The van der Waals surface area contributed by atoms with Crippen molar-refractivity contribution >= 4 is 28.9 Å². The maximum absolute atomic E-state index is 6.59. The Hall–Kier alpha value is -2.46. The van der Waals surface area contributed by atoms with E-state index in [2.05, 4.69) is 49.3 Å². The first-order valence-corrected chi connectivity index (χ1v) is 12.1. The molecule has 2 saturated heterocycles. The summed E-state index contributed by atoms with van der Waals surface area (Å²) in [4.78, 5) is 8.65. The molecular weight excluding hydrogens is 452 g/mol. The molecule has 0 amide bonds. The van der Waals surface area contributed by atoms with Crippen LogP contribution in [0.1, 0.15) is 31.2 Å². The van der Waals surface area contributed by atoms with Gasteiger partial charge in [0.2, 0.25) is 0 Å². The lowest BCUT2D eigenvalue weighted by Gasteiger charge is -2.42. The minimum atomic E-state index is 0.0613. The largest absolute Gasteiger partial charge is 0.382 e. The summed E-state index contributed by atoms with van der Waals surface area (Å²) in [5, 5.41) is 9.64. The number of piperidine rings is 1. The van der Waals surface area contributed by atoms with Crippen LogP contribution >= 0.6 is 11.6 Å². The summed E-state index contributed by atoms with van der Waals surface area (Å²) in [6.45, 7) is 7.38. The van der Waals surface area contributed by atoms with Crippen molar-refractivity contribution in [2.75, 3.05) is 44.4 Å². The maximum Gasteiger partial charge on any atom is 0.170 e. The first-order chi connectivity index (χ1) is 16.2. The molecule has 0 unspecified atom stereocenters. The molecule has 3 aromatic rings. The van der Waals surface area contributed by atoms with Crippen molar-refractivity contribution in [1.82, 2.24) is 24.5 Å². The van der Waals surface area contributed by atoms with Gasteiger partial charge in [-0.1, -0.05) is 11.6 Å². The Labute approximate surface area is 205 Å². The second-order valence-electron chi connectivity index (χ2n) is 10.0. The van der Waals surface area contributed by atoms with Crippen molar-refractivity contribution in [2.24, 2.45) is 11.1 Å². The number of nitrogens with zero attached hydrogens (tertiary/aromatic N) is 6. The molecule has 10 heteroatoms. The molecule has 0 saturated carbocycles. The fourth-order valence-corrected chi connectivity index (χ4v) is 5.69. The molecule has 9 nitrogen and oxygen atoms in total. The van der Waals surface area contributed by atoms with Gasteiger partial charge in [-0.05, 0) is 58.5 Å². The minimum absolute atomic E-state index is 0.0613. The van der Waals surface area contributed by atoms with Gasteiger partial charge in [0.15, 0.2) is 11.5 Å². The zero-order valence-corrected chi connectivity index (χ0v) is 21.0. The topological polar surface area (TPSA) is 111 Å². The highest BCUT2D eigenvalue weighted by Crippen LogP contribution is 2.43. The lowest BCUT2D eigenvalue weighted by Crippen LogP contribution is -2.51. The second-order valence-corrected chi connectivity index (χ2v) is 10.4. The molecule has 182 valence electrons. The van der Waals surface area contributed by atoms with Gasteiger partial charge in [0.05, 0.1) is 24.3 Å². The number of halogens is 1. The Kier molecular flexibility index (Phi) is 5.92. The van der Waals surface area contributed by atoms with Gasteiger partial charge in [-0.3, -0.25) is 4.40 Å². The molecule has 1 spiro atoms. The van der Waals surface area contributed by atoms with Crippen LogP contribution in [0, 0.1) is 12.3 Å². The van der Waals surface area contributed by atoms with E-state index in [4.69, 9.17) is 27.8 Å². The van der Waals surface area contributed by atoms with Gasteiger partial charge in [-0.15, -0.1) is 10.2 Å². The Balaban J connectivity index is 1.60. The van der Waals surface area contributed by atoms with Gasteiger partial charge in [-0.2, -0.15) is 0 Å². The first-order valence-electron chi connectivity index (χ1n) is 11.8. The number of hydrogen-bond acceptors (Lipinski definition) is 8. The highest BCUT2D eigenvalue weighted by atomic mass is 35.5. The summed E-state index contributed by atoms with van der Waals surface area (Å²) in [5.41, 5.74) is 16.2. The molecule has 4 N–H and O–H groups in total. The van der Waals surface area contributed by atoms with Gasteiger partial charge in [0.25, 0.3) is 0 Å². The molecular formula is C24H33ClN8O. The molecule has 2 atom stereocenters. The molecule has 2 aliphatic heterocycles. The third kappa shape index (κ3) is 3.71. The van der Waals surface area contributed by atoms with Crippen LogP contribution in [-0.4, -0.2) is 70.4 Å². The smallest absolute Gasteiger partial charge is 0.170 e. The van der Waals surface area contributed by atoms with Crippen LogP contribution in [0.15, 0.2) is 18.3 Å². The molecule has 0 radical (unpaired) electrons. The number of ether oxygens (including phenoxy) is 1. The van der Waals surface area contributed by atoms with E-state index in [9.17, 15) is 0 Å². The van der Waals surface area contributed by atoms with Crippen molar-refractivity contribution in [3.8, 4) is 11.1 Å². The Morgan fingerprint density at radius 3 is 2.65 bits per heavy atom. The SMILES string of the molecule is Cc1cc(N2CCC3(CC2)CO[C@@H](C)[C@H]3N)n2c(CN(C)C)nnc2c1-c1ccnc(N)c1Cl. The van der Waals surface area contributed by atoms with Crippen molar-refractivity contribution < 1.29 is 4.74 Å². The average molecular weight is 485 g/mol. The number of aryl methyl sites for hydroxylation is 1. The number of fused-ring (bicyclic) bond motifs is 1. The number of rotatable bonds is 4. The standard InChI is InChI=1S/C24H33ClN8O/c1-14-11-18(32-9-6-24(7-10-32)13-34-15(2)21(24)26)33-17(12-31(3)4)29-30-23(33)19(14)16-5-8-28-22(27)20(16)25/h5,8,11,15,21H,6-7,9-10,12-13,26H2,1-4H3,(H2,27,28)/t15-,21+/m0/s1. The summed E-state index contributed by atoms with van der Waals surface area (Å²) in [5.74, 6) is 2.27. The predicted octanol–water partition coefficient (Wildman–Crippen LogP) is 2.73. The fraction of sp³-hybridized carbons (Fsp3) is 0.542. The Bertz CT molecular complexity index is 1220. The van der Waals surface area contributed by atoms with Crippen LogP contribution in [-0.2, 0) is 11.3 Å². The van der Waals surface area contributed by atoms with Crippen molar-refractivity contribution in [3.63, 3.8) is 0 Å². The lowest BCUT2D eigenvalue weighted by molar-refractivity contribution is 0.0974. The number of pyridine rings is 2. The summed E-state index contributed by atoms with van der Waals surface area (Å²) in [6, 6.07) is 4.18. The van der Waals surface area contributed by atoms with Gasteiger partial charge < -0.3 is 26.0 Å². The van der Waals surface area contributed by atoms with Crippen LogP contribution in [0.25, 0.3) is 16.8 Å². The molecule has 0 bridgehead atoms. The minimum Gasteiger partial charge on any atom is -0.382 e. The van der Waals surface area contributed by atoms with E-state index >= 15 is 0 Å². The molecule has 5 heterocycles. The molecule has 0 aliphatic carbocycles. The van der Waals surface area contributed by atoms with E-state index < -0.39 is 0 Å². The van der Waals surface area contributed by atoms with E-state index in [1.807, 2.05) is 20.2 Å². The quantitative estimate of drug-likeness (QED) is 0.581. The number of nitrogens with two attached hydrogens (primary N) is 2. The van der Waals surface area contributed by atoms with Crippen LogP contribution in [0.4, 0.5) is 11.6 Å². The van der Waals surface area contributed by atoms with Crippen molar-refractivity contribution in [3.05, 3.63) is 34.7 Å². The predicted molar refractivity (Wildman–Crippen MR) is 135 cm³/mol. The molecule has 2 aliphatic rings. The normalized spacial score (nSPS) is 22.4. The average Bonchev–Trinajstić information content (AvgIpc) is 3.33. The summed E-state index contributed by atoms with van der Waals surface area (Å²) < 4.78 is 8.09. The summed E-state index contributed by atoms with van der Waals surface area (Å²) in [6.07, 6.45) is 3.79. The van der Waals surface area contributed by atoms with E-state index in [0.29, 0.717) is 17.4 Å². The van der Waals surface area contributed by atoms with E-state index in [1.54, 1.807) is 6.20 Å². The van der Waals surface area contributed by atoms with E-state index in [-0.39, 0.29) is 17.6 Å². The number of hydrogen-bond donors (Lipinski definition) is 2. The van der Waals surface area contributed by atoms with Crippen LogP contribution < -0.4 is 16.4 Å². The van der Waals surface area contributed by atoms with E-state index in [1.165, 1.54) is 0 Å². The highest BCUT2D eigenvalue weighted by Gasteiger charge is 2.47. The Morgan fingerprint density at radius 1 is 1.26 bits per heavy atom. The molecule has 5 rings (SSSR count). The van der Waals surface area contributed by atoms with Crippen LogP contribution in [0.5, 0.6) is 0 Å². The second kappa shape index (κ2) is 8.64.